The number of nitrogens with zero attached hydrogens (tertiary/aromatic N) is 3. The van der Waals surface area contributed by atoms with E-state index in [-0.39, 0.29) is 6.61 Å². The van der Waals surface area contributed by atoms with E-state index in [1.165, 1.54) is 5.56 Å². The largest absolute Gasteiger partial charge is 0.497 e. The van der Waals surface area contributed by atoms with E-state index in [2.05, 4.69) is 28.3 Å². The minimum atomic E-state index is 0.261. The zero-order valence-corrected chi connectivity index (χ0v) is 15.7. The van der Waals surface area contributed by atoms with Gasteiger partial charge in [-0.3, -0.25) is 0 Å². The fourth-order valence-electron chi connectivity index (χ4n) is 2.45. The molecular weight excluding hydrogens is 348 g/mol. The monoisotopic (exact) mass is 368 g/mol. The average molecular weight is 368 g/mol. The van der Waals surface area contributed by atoms with E-state index in [9.17, 15) is 0 Å². The van der Waals surface area contributed by atoms with Crippen LogP contribution in [0.3, 0.4) is 0 Å². The molecule has 0 unspecified atom stereocenters. The van der Waals surface area contributed by atoms with Crippen LogP contribution < -0.4 is 9.47 Å². The van der Waals surface area contributed by atoms with Crippen molar-refractivity contribution in [2.45, 2.75) is 20.5 Å². The Bertz CT molecular complexity index is 974. The van der Waals surface area contributed by atoms with Crippen LogP contribution in [0.15, 0.2) is 47.6 Å². The molecule has 6 nitrogen and oxygen atoms in total. The lowest BCUT2D eigenvalue weighted by molar-refractivity contribution is 0.288. The van der Waals surface area contributed by atoms with E-state index in [1.807, 2.05) is 43.3 Å². The Morgan fingerprint density at radius 3 is 2.65 bits per heavy atom. The van der Waals surface area contributed by atoms with Gasteiger partial charge in [0.1, 0.15) is 18.1 Å². The van der Waals surface area contributed by atoms with E-state index < -0.39 is 0 Å². The molecule has 0 aliphatic rings. The number of rotatable bonds is 6. The number of benzene rings is 2. The molecule has 0 aliphatic heterocycles. The molecule has 0 atom stereocenters. The third kappa shape index (κ3) is 4.18. The molecule has 134 valence electrons. The second-order valence-electron chi connectivity index (χ2n) is 5.83. The zero-order valence-electron chi connectivity index (χ0n) is 14.9. The highest BCUT2D eigenvalue weighted by Crippen LogP contribution is 2.19. The lowest BCUT2D eigenvalue weighted by atomic mass is 10.1. The molecule has 1 N–H and O–H groups in total. The summed E-state index contributed by atoms with van der Waals surface area (Å²) >= 11 is 5.26. The van der Waals surface area contributed by atoms with Crippen LogP contribution in [0.2, 0.25) is 0 Å². The highest BCUT2D eigenvalue weighted by atomic mass is 32.1. The summed E-state index contributed by atoms with van der Waals surface area (Å²) in [5.74, 6) is 2.21. The van der Waals surface area contributed by atoms with Gasteiger partial charge >= 0.3 is 0 Å². The van der Waals surface area contributed by atoms with Gasteiger partial charge in [0.05, 0.1) is 13.3 Å². The van der Waals surface area contributed by atoms with E-state index in [0.29, 0.717) is 10.6 Å². The Morgan fingerprint density at radius 2 is 1.96 bits per heavy atom. The summed E-state index contributed by atoms with van der Waals surface area (Å²) < 4.78 is 13.0. The molecule has 3 rings (SSSR count). The molecule has 0 saturated carbocycles. The minimum Gasteiger partial charge on any atom is -0.497 e. The zero-order chi connectivity index (χ0) is 18.5. The highest BCUT2D eigenvalue weighted by Gasteiger charge is 2.07. The van der Waals surface area contributed by atoms with Gasteiger partial charge in [-0.05, 0) is 67.5 Å². The number of nitrogens with one attached hydrogen (secondary N) is 1. The van der Waals surface area contributed by atoms with Crippen LogP contribution in [-0.4, -0.2) is 28.2 Å². The Morgan fingerprint density at radius 1 is 1.19 bits per heavy atom. The molecule has 7 heteroatoms. The van der Waals surface area contributed by atoms with E-state index >= 15 is 0 Å². The number of hydrogen-bond acceptors (Lipinski definition) is 5. The Balaban J connectivity index is 1.75. The van der Waals surface area contributed by atoms with Crippen LogP contribution in [0.25, 0.3) is 0 Å². The maximum absolute atomic E-state index is 5.87. The van der Waals surface area contributed by atoms with Crippen molar-refractivity contribution in [3.8, 4) is 11.5 Å². The SMILES string of the molecule is COc1ccc(/C=N\n2c(COc3ccc(C)cc3C)n[nH]c2=S)cc1. The number of aryl methyl sites for hydroxylation is 2. The molecule has 2 aromatic carbocycles. The number of hydrogen-bond donors (Lipinski definition) is 1. The molecule has 0 amide bonds. The molecule has 0 saturated heterocycles. The Kier molecular flexibility index (Phi) is 5.48. The Hall–Kier alpha value is -2.93. The van der Waals surface area contributed by atoms with Crippen LogP contribution in [0.4, 0.5) is 0 Å². The summed E-state index contributed by atoms with van der Waals surface area (Å²) in [4.78, 5) is 0. The van der Waals surface area contributed by atoms with Crippen molar-refractivity contribution in [1.82, 2.24) is 14.9 Å². The van der Waals surface area contributed by atoms with Crippen molar-refractivity contribution in [2.24, 2.45) is 5.10 Å². The third-order valence-electron chi connectivity index (χ3n) is 3.84. The van der Waals surface area contributed by atoms with E-state index in [4.69, 9.17) is 21.7 Å². The first-order chi connectivity index (χ1) is 12.6. The van der Waals surface area contributed by atoms with Crippen molar-refractivity contribution in [1.29, 1.82) is 0 Å². The maximum Gasteiger partial charge on any atom is 0.216 e. The molecule has 3 aromatic rings. The summed E-state index contributed by atoms with van der Waals surface area (Å²) in [6.45, 7) is 4.33. The van der Waals surface area contributed by atoms with Gasteiger partial charge in [-0.2, -0.15) is 14.9 Å². The van der Waals surface area contributed by atoms with Crippen molar-refractivity contribution >= 4 is 18.4 Å². The fraction of sp³-hybridized carbons (Fsp3) is 0.211. The summed E-state index contributed by atoms with van der Waals surface area (Å²) in [6.07, 6.45) is 1.71. The Labute approximate surface area is 157 Å². The fourth-order valence-corrected chi connectivity index (χ4v) is 2.65. The van der Waals surface area contributed by atoms with Gasteiger partial charge < -0.3 is 9.47 Å². The standard InChI is InChI=1S/C19H20N4O2S/c1-13-4-9-17(14(2)10-13)25-12-18-21-22-19(26)23(18)20-11-15-5-7-16(24-3)8-6-15/h4-11H,12H2,1-3H3,(H,22,26)/b20-11-. The van der Waals surface area contributed by atoms with Crippen LogP contribution in [0.1, 0.15) is 22.5 Å². The third-order valence-corrected chi connectivity index (χ3v) is 4.11. The molecule has 26 heavy (non-hydrogen) atoms. The smallest absolute Gasteiger partial charge is 0.216 e. The summed E-state index contributed by atoms with van der Waals surface area (Å²) in [7, 11) is 1.63. The number of aromatic nitrogens is 3. The molecule has 0 radical (unpaired) electrons. The summed E-state index contributed by atoms with van der Waals surface area (Å²) in [6, 6.07) is 13.6. The van der Waals surface area contributed by atoms with Gasteiger partial charge in [0.15, 0.2) is 5.82 Å². The summed E-state index contributed by atoms with van der Waals surface area (Å²) in [5, 5.41) is 11.4. The molecule has 0 spiro atoms. The van der Waals surface area contributed by atoms with Crippen LogP contribution in [0, 0.1) is 18.6 Å². The van der Waals surface area contributed by atoms with E-state index in [0.717, 1.165) is 22.6 Å². The van der Waals surface area contributed by atoms with Crippen molar-refractivity contribution in [3.05, 3.63) is 69.8 Å². The topological polar surface area (TPSA) is 64.4 Å². The van der Waals surface area contributed by atoms with Crippen molar-refractivity contribution in [3.63, 3.8) is 0 Å². The molecule has 0 bridgehead atoms. The number of ether oxygens (including phenoxy) is 2. The molecule has 0 aliphatic carbocycles. The molecule has 1 aromatic heterocycles. The van der Waals surface area contributed by atoms with E-state index in [1.54, 1.807) is 18.0 Å². The first kappa shape index (κ1) is 17.9. The van der Waals surface area contributed by atoms with Gasteiger partial charge in [-0.1, -0.05) is 17.7 Å². The second kappa shape index (κ2) is 7.97. The lowest BCUT2D eigenvalue weighted by Crippen LogP contribution is -2.05. The highest BCUT2D eigenvalue weighted by molar-refractivity contribution is 7.71. The quantitative estimate of drug-likeness (QED) is 0.527. The number of methoxy groups -OCH3 is 1. The van der Waals surface area contributed by atoms with Crippen LogP contribution in [0.5, 0.6) is 11.5 Å². The number of aromatic amines is 1. The first-order valence-corrected chi connectivity index (χ1v) is 8.52. The molecular formula is C19H20N4O2S. The molecule has 0 fully saturated rings. The van der Waals surface area contributed by atoms with Gasteiger partial charge in [0.25, 0.3) is 0 Å². The van der Waals surface area contributed by atoms with Gasteiger partial charge in [-0.15, -0.1) is 0 Å². The lowest BCUT2D eigenvalue weighted by Gasteiger charge is -2.09. The van der Waals surface area contributed by atoms with Crippen molar-refractivity contribution in [2.75, 3.05) is 7.11 Å². The average Bonchev–Trinajstić information content (AvgIpc) is 2.99. The van der Waals surface area contributed by atoms with Gasteiger partial charge in [0.2, 0.25) is 4.77 Å². The number of H-pyrrole nitrogens is 1. The predicted octanol–water partition coefficient (Wildman–Crippen LogP) is 4.03. The van der Waals surface area contributed by atoms with Crippen LogP contribution in [-0.2, 0) is 6.61 Å². The predicted molar refractivity (Wildman–Crippen MR) is 104 cm³/mol. The second-order valence-corrected chi connectivity index (χ2v) is 6.22. The van der Waals surface area contributed by atoms with Gasteiger partial charge in [0, 0.05) is 0 Å². The van der Waals surface area contributed by atoms with Gasteiger partial charge in [-0.25, -0.2) is 5.10 Å². The maximum atomic E-state index is 5.87. The summed E-state index contributed by atoms with van der Waals surface area (Å²) in [5.41, 5.74) is 3.20. The van der Waals surface area contributed by atoms with Crippen molar-refractivity contribution < 1.29 is 9.47 Å². The molecule has 1 heterocycles. The normalized spacial score (nSPS) is 11.0. The van der Waals surface area contributed by atoms with Crippen LogP contribution >= 0.6 is 12.2 Å². The first-order valence-electron chi connectivity index (χ1n) is 8.11. The minimum absolute atomic E-state index is 0.261.